The van der Waals surface area contributed by atoms with Crippen LogP contribution in [0.15, 0.2) is 86.1 Å². The van der Waals surface area contributed by atoms with Crippen molar-refractivity contribution in [3.8, 4) is 23.0 Å². The molecular weight excluding hydrogens is 528 g/mol. The summed E-state index contributed by atoms with van der Waals surface area (Å²) in [5.41, 5.74) is 5.14. The number of hydrogen-bond acceptors (Lipinski definition) is 6. The predicted molar refractivity (Wildman–Crippen MR) is 176 cm³/mol. The van der Waals surface area contributed by atoms with Crippen molar-refractivity contribution < 1.29 is 24.5 Å². The zero-order valence-electron chi connectivity index (χ0n) is 26.5. The van der Waals surface area contributed by atoms with Crippen molar-refractivity contribution >= 4 is 11.5 Å². The molecular formula is C35H50N2O5. The zero-order valence-corrected chi connectivity index (χ0v) is 26.5. The molecule has 42 heavy (non-hydrogen) atoms. The van der Waals surface area contributed by atoms with Crippen molar-refractivity contribution in [2.75, 3.05) is 26.7 Å². The third-order valence-electron chi connectivity index (χ3n) is 5.81. The van der Waals surface area contributed by atoms with E-state index in [1.54, 1.807) is 6.07 Å². The van der Waals surface area contributed by atoms with Gasteiger partial charge in [0.05, 0.1) is 6.61 Å². The number of carbonyl (C=O) groups excluding carboxylic acids is 1. The van der Waals surface area contributed by atoms with Crippen LogP contribution < -0.4 is 14.8 Å². The highest BCUT2D eigenvalue weighted by atomic mass is 16.5. The summed E-state index contributed by atoms with van der Waals surface area (Å²) in [5.74, 6) is 1.31. The highest BCUT2D eigenvalue weighted by Gasteiger charge is 2.18. The average Bonchev–Trinajstić information content (AvgIpc) is 2.97. The molecule has 1 fully saturated rings. The van der Waals surface area contributed by atoms with Gasteiger partial charge in [0.15, 0.2) is 11.5 Å². The van der Waals surface area contributed by atoms with E-state index in [-0.39, 0.29) is 24.0 Å². The number of aromatic hydroxyl groups is 2. The van der Waals surface area contributed by atoms with Crippen LogP contribution in [0, 0.1) is 6.92 Å². The van der Waals surface area contributed by atoms with Crippen LogP contribution in [0.1, 0.15) is 57.7 Å². The second kappa shape index (κ2) is 20.5. The molecule has 1 saturated heterocycles. The topological polar surface area (TPSA) is 91.3 Å². The molecule has 230 valence electrons. The lowest BCUT2D eigenvalue weighted by Gasteiger charge is -2.27. The number of likely N-dealkylation sites (N-methyl/N-ethyl adjacent to an activating group) is 1. The number of amides is 1. The fraction of sp³-hybridized carbons (Fsp3) is 0.343. The fourth-order valence-electron chi connectivity index (χ4n) is 3.68. The Morgan fingerprint density at radius 1 is 1.12 bits per heavy atom. The van der Waals surface area contributed by atoms with Gasteiger partial charge >= 0.3 is 0 Å². The van der Waals surface area contributed by atoms with E-state index in [9.17, 15) is 15.0 Å². The van der Waals surface area contributed by atoms with Crippen molar-refractivity contribution in [2.45, 2.75) is 54.6 Å². The number of nitrogens with zero attached hydrogens (tertiary/aromatic N) is 1. The molecule has 0 bridgehead atoms. The van der Waals surface area contributed by atoms with Crippen molar-refractivity contribution in [1.29, 1.82) is 0 Å². The van der Waals surface area contributed by atoms with Gasteiger partial charge in [0.1, 0.15) is 23.8 Å². The van der Waals surface area contributed by atoms with Gasteiger partial charge in [0.2, 0.25) is 0 Å². The minimum Gasteiger partial charge on any atom is -0.508 e. The number of phenols is 2. The highest BCUT2D eigenvalue weighted by Crippen LogP contribution is 2.36. The minimum atomic E-state index is -0.00891. The SMILES string of the molecule is C=C.C=C(/C=C1/C(=O)NCCN1C)C/C=C\C.C=C(C)c1cc(C)c(OCc2ccc(O)cc2O)c(OCC)c1.CC. The van der Waals surface area contributed by atoms with E-state index in [0.29, 0.717) is 35.9 Å². The second-order valence-electron chi connectivity index (χ2n) is 9.07. The zero-order chi connectivity index (χ0) is 32.2. The number of allylic oxidation sites excluding steroid dienone is 5. The lowest BCUT2D eigenvalue weighted by molar-refractivity contribution is -0.120. The number of ether oxygens (including phenoxy) is 2. The summed E-state index contributed by atoms with van der Waals surface area (Å²) in [7, 11) is 1.92. The van der Waals surface area contributed by atoms with Gasteiger partial charge < -0.3 is 29.9 Å². The van der Waals surface area contributed by atoms with Crippen molar-refractivity contribution in [3.63, 3.8) is 0 Å². The largest absolute Gasteiger partial charge is 0.508 e. The molecule has 1 aliphatic rings. The van der Waals surface area contributed by atoms with E-state index in [4.69, 9.17) is 9.47 Å². The number of hydrogen-bond donors (Lipinski definition) is 3. The Morgan fingerprint density at radius 3 is 2.33 bits per heavy atom. The second-order valence-corrected chi connectivity index (χ2v) is 9.07. The van der Waals surface area contributed by atoms with E-state index < -0.39 is 0 Å². The van der Waals surface area contributed by atoms with Crippen LogP contribution in [0.25, 0.3) is 5.57 Å². The minimum absolute atomic E-state index is 0.000769. The molecule has 1 amide bonds. The Morgan fingerprint density at radius 2 is 1.79 bits per heavy atom. The summed E-state index contributed by atoms with van der Waals surface area (Å²) >= 11 is 0. The Hall–Kier alpha value is -4.39. The first-order chi connectivity index (χ1) is 20.1. The van der Waals surface area contributed by atoms with Crippen LogP contribution in [-0.2, 0) is 11.4 Å². The number of nitrogens with one attached hydrogen (secondary N) is 1. The molecule has 0 unspecified atom stereocenters. The molecule has 1 heterocycles. The summed E-state index contributed by atoms with van der Waals surface area (Å²) in [6.45, 7) is 27.9. The monoisotopic (exact) mass is 578 g/mol. The Kier molecular flexibility index (Phi) is 18.3. The van der Waals surface area contributed by atoms with Crippen LogP contribution in [-0.4, -0.2) is 47.8 Å². The van der Waals surface area contributed by atoms with Crippen LogP contribution >= 0.6 is 0 Å². The lowest BCUT2D eigenvalue weighted by atomic mass is 10.0. The summed E-state index contributed by atoms with van der Waals surface area (Å²) in [5, 5.41) is 22.0. The normalized spacial score (nSPS) is 13.0. The molecule has 7 nitrogen and oxygen atoms in total. The van der Waals surface area contributed by atoms with Crippen LogP contribution in [0.4, 0.5) is 0 Å². The summed E-state index contributed by atoms with van der Waals surface area (Å²) in [4.78, 5) is 13.5. The number of aryl methyl sites for hydroxylation is 1. The van der Waals surface area contributed by atoms with Gasteiger partial charge in [0, 0.05) is 31.8 Å². The highest BCUT2D eigenvalue weighted by molar-refractivity contribution is 5.93. The summed E-state index contributed by atoms with van der Waals surface area (Å²) in [6.07, 6.45) is 6.66. The number of carbonyl (C=O) groups is 1. The molecule has 3 N–H and O–H groups in total. The number of rotatable bonds is 9. The maximum Gasteiger partial charge on any atom is 0.267 e. The standard InChI is InChI=1S/C19H22O4.C12H18N2O.C2H6.C2H4/c1-5-22-18-9-15(12(2)3)8-13(4)19(18)23-11-14-6-7-16(20)10-17(14)21;1-4-5-6-10(2)9-11-12(15)13-7-8-14(11)3;2*1-2/h6-10,20-21H,2,5,11H2,1,3-4H3;4-5,9H,2,6-8H2,1,3H3,(H,13,15);1-2H3;1-2H2/b;5-4-,11-9-;;. The van der Waals surface area contributed by atoms with Gasteiger partial charge in [-0.2, -0.15) is 0 Å². The third-order valence-corrected chi connectivity index (χ3v) is 5.81. The predicted octanol–water partition coefficient (Wildman–Crippen LogP) is 7.70. The molecule has 2 aromatic rings. The lowest BCUT2D eigenvalue weighted by Crippen LogP contribution is -2.43. The van der Waals surface area contributed by atoms with E-state index in [1.165, 1.54) is 12.1 Å². The van der Waals surface area contributed by atoms with Crippen LogP contribution in [0.2, 0.25) is 0 Å². The van der Waals surface area contributed by atoms with Crippen molar-refractivity contribution in [3.05, 3.63) is 103 Å². The Labute approximate surface area is 253 Å². The van der Waals surface area contributed by atoms with E-state index >= 15 is 0 Å². The molecule has 0 aliphatic carbocycles. The van der Waals surface area contributed by atoms with E-state index in [0.717, 1.165) is 35.2 Å². The number of benzene rings is 2. The first-order valence-electron chi connectivity index (χ1n) is 14.1. The van der Waals surface area contributed by atoms with Gasteiger partial charge in [-0.05, 0) is 81.2 Å². The maximum absolute atomic E-state index is 11.5. The first-order valence-corrected chi connectivity index (χ1v) is 14.1. The fourth-order valence-corrected chi connectivity index (χ4v) is 3.68. The maximum atomic E-state index is 11.5. The quantitative estimate of drug-likeness (QED) is 0.209. The third kappa shape index (κ3) is 12.4. The van der Waals surface area contributed by atoms with Crippen LogP contribution in [0.3, 0.4) is 0 Å². The molecule has 2 aromatic carbocycles. The molecule has 0 aromatic heterocycles. The molecule has 1 aliphatic heterocycles. The number of phenolic OH excluding ortho intramolecular Hbond substituents is 2. The van der Waals surface area contributed by atoms with Crippen molar-refractivity contribution in [2.24, 2.45) is 0 Å². The Bertz CT molecular complexity index is 1230. The molecule has 0 radical (unpaired) electrons. The van der Waals surface area contributed by atoms with Crippen molar-refractivity contribution in [1.82, 2.24) is 10.2 Å². The van der Waals surface area contributed by atoms with E-state index in [1.807, 2.05) is 83.9 Å². The van der Waals surface area contributed by atoms with Gasteiger partial charge in [-0.3, -0.25) is 4.79 Å². The molecule has 3 rings (SSSR count). The number of piperazine rings is 1. The average molecular weight is 579 g/mol. The molecule has 0 spiro atoms. The summed E-state index contributed by atoms with van der Waals surface area (Å²) in [6, 6.07) is 8.34. The van der Waals surface area contributed by atoms with Gasteiger partial charge in [-0.1, -0.05) is 44.7 Å². The van der Waals surface area contributed by atoms with E-state index in [2.05, 4.69) is 31.6 Å². The molecule has 0 saturated carbocycles. The van der Waals surface area contributed by atoms with Gasteiger partial charge in [-0.15, -0.1) is 13.2 Å². The smallest absolute Gasteiger partial charge is 0.267 e. The molecule has 7 heteroatoms. The van der Waals surface area contributed by atoms with Gasteiger partial charge in [0.25, 0.3) is 5.91 Å². The Balaban J connectivity index is 0.000000766. The first kappa shape index (κ1) is 37.6. The van der Waals surface area contributed by atoms with Gasteiger partial charge in [-0.25, -0.2) is 0 Å². The summed E-state index contributed by atoms with van der Waals surface area (Å²) < 4.78 is 11.5. The van der Waals surface area contributed by atoms with Crippen LogP contribution in [0.5, 0.6) is 23.0 Å². The molecule has 0 atom stereocenters.